The molecule has 0 spiro atoms. The second-order valence-corrected chi connectivity index (χ2v) is 7.25. The minimum Gasteiger partial charge on any atom is -0.396 e. The van der Waals surface area contributed by atoms with E-state index >= 15 is 0 Å². The SMILES string of the molecule is Nc1ncc(Sc2ccc(Cl)cc2)c(N[C@@H]2CC[C@@H](CO)C2)n1. The summed E-state index contributed by atoms with van der Waals surface area (Å²) in [5.74, 6) is 1.38. The van der Waals surface area contributed by atoms with E-state index < -0.39 is 0 Å². The molecular weight excluding hydrogens is 332 g/mol. The molecule has 3 rings (SSSR count). The Hall–Kier alpha value is -1.50. The Morgan fingerprint density at radius 3 is 2.78 bits per heavy atom. The smallest absolute Gasteiger partial charge is 0.221 e. The number of nitrogens with one attached hydrogen (secondary N) is 1. The fraction of sp³-hybridized carbons (Fsp3) is 0.375. The van der Waals surface area contributed by atoms with Gasteiger partial charge in [-0.3, -0.25) is 0 Å². The zero-order valence-corrected chi connectivity index (χ0v) is 14.1. The highest BCUT2D eigenvalue weighted by Gasteiger charge is 2.25. The average Bonchev–Trinajstić information content (AvgIpc) is 3.00. The summed E-state index contributed by atoms with van der Waals surface area (Å²) in [6, 6.07) is 7.95. The van der Waals surface area contributed by atoms with Gasteiger partial charge in [0.25, 0.3) is 0 Å². The second-order valence-electron chi connectivity index (χ2n) is 5.70. The molecule has 1 aromatic heterocycles. The van der Waals surface area contributed by atoms with E-state index in [0.29, 0.717) is 17.0 Å². The molecule has 0 amide bonds. The molecule has 1 aromatic carbocycles. The van der Waals surface area contributed by atoms with Gasteiger partial charge in [0.1, 0.15) is 5.82 Å². The maximum atomic E-state index is 9.28. The average molecular weight is 351 g/mol. The van der Waals surface area contributed by atoms with Crippen molar-refractivity contribution in [3.63, 3.8) is 0 Å². The van der Waals surface area contributed by atoms with E-state index in [1.165, 1.54) is 0 Å². The number of rotatable bonds is 5. The summed E-state index contributed by atoms with van der Waals surface area (Å²) >= 11 is 7.49. The van der Waals surface area contributed by atoms with Gasteiger partial charge in [0.05, 0.1) is 4.90 Å². The quantitative estimate of drug-likeness (QED) is 0.766. The summed E-state index contributed by atoms with van der Waals surface area (Å²) in [7, 11) is 0. The van der Waals surface area contributed by atoms with E-state index in [-0.39, 0.29) is 12.6 Å². The van der Waals surface area contributed by atoms with Crippen molar-refractivity contribution < 1.29 is 5.11 Å². The van der Waals surface area contributed by atoms with Crippen molar-refractivity contribution in [2.24, 2.45) is 5.92 Å². The zero-order chi connectivity index (χ0) is 16.2. The fourth-order valence-corrected chi connectivity index (χ4v) is 3.72. The molecule has 1 heterocycles. The lowest BCUT2D eigenvalue weighted by molar-refractivity contribution is 0.229. The zero-order valence-electron chi connectivity index (χ0n) is 12.6. The Morgan fingerprint density at radius 2 is 2.09 bits per heavy atom. The Balaban J connectivity index is 1.76. The Labute approximate surface area is 144 Å². The highest BCUT2D eigenvalue weighted by atomic mass is 35.5. The van der Waals surface area contributed by atoms with Crippen LogP contribution in [0.5, 0.6) is 0 Å². The molecule has 1 aliphatic rings. The fourth-order valence-electron chi connectivity index (χ4n) is 2.76. The number of nitrogen functional groups attached to an aromatic ring is 1. The van der Waals surface area contributed by atoms with Crippen LogP contribution in [0, 0.1) is 5.92 Å². The van der Waals surface area contributed by atoms with Crippen LogP contribution in [0.1, 0.15) is 19.3 Å². The number of nitrogens with two attached hydrogens (primary N) is 1. The van der Waals surface area contributed by atoms with Gasteiger partial charge in [-0.2, -0.15) is 4.98 Å². The maximum Gasteiger partial charge on any atom is 0.221 e. The molecule has 0 unspecified atom stereocenters. The first-order valence-electron chi connectivity index (χ1n) is 7.57. The lowest BCUT2D eigenvalue weighted by atomic mass is 10.1. The van der Waals surface area contributed by atoms with E-state index in [4.69, 9.17) is 17.3 Å². The lowest BCUT2D eigenvalue weighted by Crippen LogP contribution is -2.18. The number of benzene rings is 1. The third kappa shape index (κ3) is 4.28. The van der Waals surface area contributed by atoms with Crippen LogP contribution >= 0.6 is 23.4 Å². The minimum absolute atomic E-state index is 0.247. The molecule has 4 N–H and O–H groups in total. The highest BCUT2D eigenvalue weighted by Crippen LogP contribution is 2.35. The Morgan fingerprint density at radius 1 is 1.30 bits per heavy atom. The van der Waals surface area contributed by atoms with Crippen LogP contribution in [0.15, 0.2) is 40.3 Å². The van der Waals surface area contributed by atoms with Crippen molar-refractivity contribution in [1.82, 2.24) is 9.97 Å². The molecule has 5 nitrogen and oxygen atoms in total. The second kappa shape index (κ2) is 7.38. The maximum absolute atomic E-state index is 9.28. The van der Waals surface area contributed by atoms with E-state index in [1.54, 1.807) is 18.0 Å². The first-order chi connectivity index (χ1) is 11.1. The molecule has 122 valence electrons. The number of nitrogens with zero attached hydrogens (tertiary/aromatic N) is 2. The van der Waals surface area contributed by atoms with Gasteiger partial charge in [-0.05, 0) is 49.4 Å². The van der Waals surface area contributed by atoms with Gasteiger partial charge in [-0.1, -0.05) is 23.4 Å². The summed E-state index contributed by atoms with van der Waals surface area (Å²) in [5.41, 5.74) is 5.74. The van der Waals surface area contributed by atoms with Crippen LogP contribution in [-0.2, 0) is 0 Å². The van der Waals surface area contributed by atoms with E-state index in [0.717, 1.165) is 34.9 Å². The van der Waals surface area contributed by atoms with E-state index in [9.17, 15) is 5.11 Å². The van der Waals surface area contributed by atoms with E-state index in [1.807, 2.05) is 24.3 Å². The topological polar surface area (TPSA) is 84.1 Å². The predicted molar refractivity (Wildman–Crippen MR) is 93.9 cm³/mol. The van der Waals surface area contributed by atoms with E-state index in [2.05, 4.69) is 15.3 Å². The number of aliphatic hydroxyl groups is 1. The summed E-state index contributed by atoms with van der Waals surface area (Å²) in [4.78, 5) is 10.4. The first kappa shape index (κ1) is 16.4. The van der Waals surface area contributed by atoms with Crippen LogP contribution in [0.2, 0.25) is 5.02 Å². The number of hydrogen-bond acceptors (Lipinski definition) is 6. The van der Waals surface area contributed by atoms with Gasteiger partial charge in [0, 0.05) is 28.8 Å². The molecule has 1 aliphatic carbocycles. The van der Waals surface area contributed by atoms with Crippen LogP contribution in [0.25, 0.3) is 0 Å². The van der Waals surface area contributed by atoms with Gasteiger partial charge < -0.3 is 16.2 Å². The largest absolute Gasteiger partial charge is 0.396 e. The van der Waals surface area contributed by atoms with Crippen molar-refractivity contribution in [3.05, 3.63) is 35.5 Å². The highest BCUT2D eigenvalue weighted by molar-refractivity contribution is 7.99. The van der Waals surface area contributed by atoms with Crippen molar-refractivity contribution >= 4 is 35.1 Å². The molecule has 0 saturated heterocycles. The Bertz CT molecular complexity index is 668. The van der Waals surface area contributed by atoms with Gasteiger partial charge in [0.2, 0.25) is 5.95 Å². The molecule has 2 atom stereocenters. The molecule has 1 saturated carbocycles. The molecule has 0 radical (unpaired) electrons. The summed E-state index contributed by atoms with van der Waals surface area (Å²) in [5, 5.41) is 13.4. The molecule has 2 aromatic rings. The number of hydrogen-bond donors (Lipinski definition) is 3. The summed E-state index contributed by atoms with van der Waals surface area (Å²) < 4.78 is 0. The van der Waals surface area contributed by atoms with Crippen LogP contribution < -0.4 is 11.1 Å². The van der Waals surface area contributed by atoms with Gasteiger partial charge in [-0.15, -0.1) is 0 Å². The van der Waals surface area contributed by atoms with Crippen LogP contribution in [-0.4, -0.2) is 27.7 Å². The van der Waals surface area contributed by atoms with Crippen molar-refractivity contribution in [1.29, 1.82) is 0 Å². The van der Waals surface area contributed by atoms with Crippen molar-refractivity contribution in [2.75, 3.05) is 17.7 Å². The first-order valence-corrected chi connectivity index (χ1v) is 8.77. The number of anilines is 2. The molecule has 23 heavy (non-hydrogen) atoms. The number of aromatic nitrogens is 2. The van der Waals surface area contributed by atoms with Gasteiger partial charge >= 0.3 is 0 Å². The summed E-state index contributed by atoms with van der Waals surface area (Å²) in [6.45, 7) is 0.247. The monoisotopic (exact) mass is 350 g/mol. The van der Waals surface area contributed by atoms with Crippen LogP contribution in [0.3, 0.4) is 0 Å². The third-order valence-electron chi connectivity index (χ3n) is 3.96. The molecule has 1 fully saturated rings. The third-order valence-corrected chi connectivity index (χ3v) is 5.23. The molecule has 0 aliphatic heterocycles. The van der Waals surface area contributed by atoms with Gasteiger partial charge in [0.15, 0.2) is 0 Å². The standard InChI is InChI=1S/C16H19ClN4OS/c17-11-2-5-13(6-3-11)23-14-8-19-16(18)21-15(14)20-12-4-1-10(7-12)9-22/h2-3,5-6,8,10,12,22H,1,4,7,9H2,(H3,18,19,20,21)/t10-,12-/m1/s1. The normalized spacial score (nSPS) is 20.6. The minimum atomic E-state index is 0.247. The predicted octanol–water partition coefficient (Wildman–Crippen LogP) is 3.44. The van der Waals surface area contributed by atoms with Crippen LogP contribution in [0.4, 0.5) is 11.8 Å². The lowest BCUT2D eigenvalue weighted by Gasteiger charge is -2.16. The number of halogens is 1. The Kier molecular flexibility index (Phi) is 5.25. The molecular formula is C16H19ClN4OS. The van der Waals surface area contributed by atoms with Crippen molar-refractivity contribution in [3.8, 4) is 0 Å². The molecule has 0 bridgehead atoms. The van der Waals surface area contributed by atoms with Crippen molar-refractivity contribution in [2.45, 2.75) is 35.1 Å². The number of aliphatic hydroxyl groups excluding tert-OH is 1. The van der Waals surface area contributed by atoms with Gasteiger partial charge in [-0.25, -0.2) is 4.98 Å². The summed E-state index contributed by atoms with van der Waals surface area (Å²) in [6.07, 6.45) is 4.75. The molecule has 7 heteroatoms.